The SMILES string of the molecule is C#CC(O)Cc1ccc2cc(C)c(F)cc2c1. The number of hydrogen-bond donors (Lipinski definition) is 1. The van der Waals surface area contributed by atoms with Gasteiger partial charge in [0.25, 0.3) is 0 Å². The van der Waals surface area contributed by atoms with Crippen LogP contribution < -0.4 is 0 Å². The zero-order valence-corrected chi connectivity index (χ0v) is 9.57. The fourth-order valence-electron chi connectivity index (χ4n) is 1.84. The van der Waals surface area contributed by atoms with Gasteiger partial charge in [-0.3, -0.25) is 0 Å². The zero-order chi connectivity index (χ0) is 12.4. The number of aliphatic hydroxyl groups is 1. The van der Waals surface area contributed by atoms with Crippen LogP contribution in [-0.2, 0) is 6.42 Å². The highest BCUT2D eigenvalue weighted by molar-refractivity contribution is 5.84. The molecule has 2 rings (SSSR count). The lowest BCUT2D eigenvalue weighted by molar-refractivity contribution is 0.233. The summed E-state index contributed by atoms with van der Waals surface area (Å²) in [5.41, 5.74) is 1.54. The van der Waals surface area contributed by atoms with Gasteiger partial charge in [0, 0.05) is 6.42 Å². The maximum Gasteiger partial charge on any atom is 0.126 e. The first-order valence-electron chi connectivity index (χ1n) is 5.43. The van der Waals surface area contributed by atoms with E-state index in [2.05, 4.69) is 5.92 Å². The molecule has 0 aliphatic carbocycles. The standard InChI is InChI=1S/C15H13FO/c1-3-14(17)8-11-4-5-12-6-10(2)15(16)9-13(12)7-11/h1,4-7,9,14,17H,8H2,2H3. The Morgan fingerprint density at radius 3 is 2.76 bits per heavy atom. The monoisotopic (exact) mass is 228 g/mol. The third-order valence-electron chi connectivity index (χ3n) is 2.80. The maximum atomic E-state index is 13.4. The van der Waals surface area contributed by atoms with E-state index in [4.69, 9.17) is 6.42 Å². The zero-order valence-electron chi connectivity index (χ0n) is 9.57. The van der Waals surface area contributed by atoms with Crippen LogP contribution in [0.25, 0.3) is 10.8 Å². The largest absolute Gasteiger partial charge is 0.380 e. The van der Waals surface area contributed by atoms with Crippen LogP contribution in [0.15, 0.2) is 30.3 Å². The van der Waals surface area contributed by atoms with Crippen molar-refractivity contribution in [2.75, 3.05) is 0 Å². The summed E-state index contributed by atoms with van der Waals surface area (Å²) in [6.07, 6.45) is 4.72. The van der Waals surface area contributed by atoms with Crippen LogP contribution in [0.2, 0.25) is 0 Å². The summed E-state index contributed by atoms with van der Waals surface area (Å²) in [6, 6.07) is 9.00. The first-order valence-corrected chi connectivity index (χ1v) is 5.43. The minimum absolute atomic E-state index is 0.216. The van der Waals surface area contributed by atoms with Crippen molar-refractivity contribution in [3.63, 3.8) is 0 Å². The molecule has 1 nitrogen and oxygen atoms in total. The number of benzene rings is 2. The van der Waals surface area contributed by atoms with E-state index < -0.39 is 6.10 Å². The number of aryl methyl sites for hydroxylation is 1. The molecule has 1 N–H and O–H groups in total. The summed E-state index contributed by atoms with van der Waals surface area (Å²) in [6.45, 7) is 1.74. The van der Waals surface area contributed by atoms with E-state index in [-0.39, 0.29) is 5.82 Å². The second kappa shape index (κ2) is 4.57. The van der Waals surface area contributed by atoms with E-state index in [1.54, 1.807) is 6.92 Å². The number of aliphatic hydroxyl groups excluding tert-OH is 1. The van der Waals surface area contributed by atoms with E-state index in [0.29, 0.717) is 12.0 Å². The number of terminal acetylenes is 1. The van der Waals surface area contributed by atoms with Crippen molar-refractivity contribution in [3.8, 4) is 12.3 Å². The third kappa shape index (κ3) is 2.46. The van der Waals surface area contributed by atoms with Crippen LogP contribution in [0.3, 0.4) is 0 Å². The highest BCUT2D eigenvalue weighted by Gasteiger charge is 2.04. The minimum atomic E-state index is -0.789. The molecule has 17 heavy (non-hydrogen) atoms. The first kappa shape index (κ1) is 11.6. The molecule has 0 saturated heterocycles. The molecule has 2 aromatic carbocycles. The van der Waals surface area contributed by atoms with Gasteiger partial charge in [-0.2, -0.15) is 0 Å². The van der Waals surface area contributed by atoms with Crippen molar-refractivity contribution in [1.82, 2.24) is 0 Å². The molecule has 2 aromatic rings. The molecule has 0 fully saturated rings. The van der Waals surface area contributed by atoms with E-state index in [1.807, 2.05) is 24.3 Å². The molecule has 86 valence electrons. The molecule has 0 aromatic heterocycles. The third-order valence-corrected chi connectivity index (χ3v) is 2.80. The van der Waals surface area contributed by atoms with Crippen molar-refractivity contribution in [2.45, 2.75) is 19.4 Å². The number of fused-ring (bicyclic) bond motifs is 1. The van der Waals surface area contributed by atoms with Gasteiger partial charge in [-0.15, -0.1) is 6.42 Å². The highest BCUT2D eigenvalue weighted by Crippen LogP contribution is 2.20. The lowest BCUT2D eigenvalue weighted by atomic mass is 10.0. The Kier molecular flexibility index (Phi) is 3.12. The van der Waals surface area contributed by atoms with Gasteiger partial charge in [-0.1, -0.05) is 24.1 Å². The molecule has 1 unspecified atom stereocenters. The fourth-order valence-corrected chi connectivity index (χ4v) is 1.84. The van der Waals surface area contributed by atoms with Crippen LogP contribution in [0.1, 0.15) is 11.1 Å². The summed E-state index contributed by atoms with van der Waals surface area (Å²) in [4.78, 5) is 0. The lowest BCUT2D eigenvalue weighted by Gasteiger charge is -2.06. The Balaban J connectivity index is 2.44. The molecule has 0 saturated carbocycles. The van der Waals surface area contributed by atoms with Gasteiger partial charge in [-0.05, 0) is 41.0 Å². The summed E-state index contributed by atoms with van der Waals surface area (Å²) in [7, 11) is 0. The summed E-state index contributed by atoms with van der Waals surface area (Å²) >= 11 is 0. The van der Waals surface area contributed by atoms with Crippen molar-refractivity contribution in [1.29, 1.82) is 0 Å². The van der Waals surface area contributed by atoms with E-state index >= 15 is 0 Å². The average Bonchev–Trinajstić information content (AvgIpc) is 2.31. The van der Waals surface area contributed by atoms with Gasteiger partial charge in [-0.25, -0.2) is 4.39 Å². The van der Waals surface area contributed by atoms with Gasteiger partial charge in [0.15, 0.2) is 0 Å². The minimum Gasteiger partial charge on any atom is -0.380 e. The quantitative estimate of drug-likeness (QED) is 0.784. The Hall–Kier alpha value is -1.85. The van der Waals surface area contributed by atoms with Crippen molar-refractivity contribution in [3.05, 3.63) is 47.3 Å². The molecule has 0 spiro atoms. The topological polar surface area (TPSA) is 20.2 Å². The van der Waals surface area contributed by atoms with Gasteiger partial charge in [0.05, 0.1) is 0 Å². The predicted octanol–water partition coefficient (Wildman–Crippen LogP) is 2.82. The van der Waals surface area contributed by atoms with Crippen LogP contribution >= 0.6 is 0 Å². The Labute approximate surface area is 99.9 Å². The van der Waals surface area contributed by atoms with Gasteiger partial charge < -0.3 is 5.11 Å². The van der Waals surface area contributed by atoms with Crippen LogP contribution in [0.5, 0.6) is 0 Å². The van der Waals surface area contributed by atoms with E-state index in [9.17, 15) is 9.50 Å². The van der Waals surface area contributed by atoms with Crippen LogP contribution in [0, 0.1) is 25.1 Å². The van der Waals surface area contributed by atoms with E-state index in [1.165, 1.54) is 6.07 Å². The number of rotatable bonds is 2. The maximum absolute atomic E-state index is 13.4. The number of hydrogen-bond acceptors (Lipinski definition) is 1. The second-order valence-electron chi connectivity index (χ2n) is 4.17. The van der Waals surface area contributed by atoms with Crippen molar-refractivity contribution in [2.24, 2.45) is 0 Å². The Morgan fingerprint density at radius 1 is 1.29 bits per heavy atom. The highest BCUT2D eigenvalue weighted by atomic mass is 19.1. The number of halogens is 1. The molecule has 0 amide bonds. The molecule has 0 bridgehead atoms. The molecular weight excluding hydrogens is 215 g/mol. The predicted molar refractivity (Wildman–Crippen MR) is 67.2 cm³/mol. The Morgan fingerprint density at radius 2 is 2.06 bits per heavy atom. The van der Waals surface area contributed by atoms with Crippen molar-refractivity contribution >= 4 is 10.8 Å². The molecule has 0 aliphatic rings. The molecule has 0 aliphatic heterocycles. The van der Waals surface area contributed by atoms with Crippen LogP contribution in [-0.4, -0.2) is 11.2 Å². The summed E-state index contributed by atoms with van der Waals surface area (Å²) < 4.78 is 13.4. The first-order chi connectivity index (χ1) is 8.10. The fraction of sp³-hybridized carbons (Fsp3) is 0.200. The smallest absolute Gasteiger partial charge is 0.126 e. The average molecular weight is 228 g/mol. The van der Waals surface area contributed by atoms with Crippen molar-refractivity contribution < 1.29 is 9.50 Å². The van der Waals surface area contributed by atoms with E-state index in [0.717, 1.165) is 16.3 Å². The summed E-state index contributed by atoms with van der Waals surface area (Å²) in [5.74, 6) is 2.05. The second-order valence-corrected chi connectivity index (χ2v) is 4.17. The molecule has 0 heterocycles. The van der Waals surface area contributed by atoms with Gasteiger partial charge >= 0.3 is 0 Å². The molecule has 1 atom stereocenters. The van der Waals surface area contributed by atoms with Gasteiger partial charge in [0.1, 0.15) is 11.9 Å². The van der Waals surface area contributed by atoms with Crippen LogP contribution in [0.4, 0.5) is 4.39 Å². The normalized spacial score (nSPS) is 12.4. The summed E-state index contributed by atoms with van der Waals surface area (Å²) in [5, 5.41) is 11.2. The molecule has 0 radical (unpaired) electrons. The molecule has 2 heteroatoms. The lowest BCUT2D eigenvalue weighted by Crippen LogP contribution is -2.06. The Bertz CT molecular complexity index is 596. The molecular formula is C15H13FO. The van der Waals surface area contributed by atoms with Gasteiger partial charge in [0.2, 0.25) is 0 Å².